The molecule has 0 radical (unpaired) electrons. The van der Waals surface area contributed by atoms with Crippen LogP contribution in [0.15, 0.2) is 0 Å². The normalized spacial score (nSPS) is 11.1. The molecule has 1 N–H and O–H groups in total. The number of ether oxygens (including phenoxy) is 3. The second-order valence-electron chi connectivity index (χ2n) is 7.54. The molecule has 0 spiro atoms. The van der Waals surface area contributed by atoms with Crippen LogP contribution in [0.25, 0.3) is 0 Å². The highest BCUT2D eigenvalue weighted by atomic mass is 16.6. The topological polar surface area (TPSA) is 56.8 Å². The molecule has 0 aliphatic rings. The fourth-order valence-corrected chi connectivity index (χ4v) is 3.07. The molecule has 0 aromatic rings. The van der Waals surface area contributed by atoms with Gasteiger partial charge in [0.25, 0.3) is 0 Å². The van der Waals surface area contributed by atoms with Crippen LogP contribution in [0.2, 0.25) is 0 Å². The first kappa shape index (κ1) is 27.4. The van der Waals surface area contributed by atoms with Gasteiger partial charge < -0.3 is 19.5 Å². The second kappa shape index (κ2) is 24.4. The predicted molar refractivity (Wildman–Crippen MR) is 117 cm³/mol. The summed E-state index contributed by atoms with van der Waals surface area (Å²) in [5.74, 6) is -0.100. The lowest BCUT2D eigenvalue weighted by atomic mass is 10.0. The number of carbonyl (C=O) groups excluding carboxylic acids is 1. The summed E-state index contributed by atoms with van der Waals surface area (Å²) in [6.45, 7) is 5.71. The number of hydrogen-bond donors (Lipinski definition) is 1. The SMILES string of the molecule is CCCCCCCCCCCCCCCC(=O)OCCOCCOCCNC. The summed E-state index contributed by atoms with van der Waals surface area (Å²) >= 11 is 0. The van der Waals surface area contributed by atoms with Crippen LogP contribution in [-0.4, -0.2) is 52.6 Å². The molecule has 0 aromatic heterocycles. The number of hydrogen-bond acceptors (Lipinski definition) is 5. The van der Waals surface area contributed by atoms with Crippen molar-refractivity contribution in [1.29, 1.82) is 0 Å². The second-order valence-corrected chi connectivity index (χ2v) is 7.54. The summed E-state index contributed by atoms with van der Waals surface area (Å²) in [7, 11) is 1.90. The third-order valence-corrected chi connectivity index (χ3v) is 4.84. The van der Waals surface area contributed by atoms with Gasteiger partial charge in [0.15, 0.2) is 0 Å². The molecule has 0 amide bonds. The summed E-state index contributed by atoms with van der Waals surface area (Å²) in [6, 6.07) is 0. The smallest absolute Gasteiger partial charge is 0.305 e. The van der Waals surface area contributed by atoms with Gasteiger partial charge in [-0.15, -0.1) is 0 Å². The Hall–Kier alpha value is -0.650. The first-order valence-corrected chi connectivity index (χ1v) is 11.8. The lowest BCUT2D eigenvalue weighted by molar-refractivity contribution is -0.145. The predicted octanol–water partition coefficient (Wildman–Crippen LogP) is 5.26. The lowest BCUT2D eigenvalue weighted by Gasteiger charge is -2.07. The molecular formula is C23H47NO4. The monoisotopic (exact) mass is 401 g/mol. The van der Waals surface area contributed by atoms with E-state index in [-0.39, 0.29) is 5.97 Å². The van der Waals surface area contributed by atoms with Crippen LogP contribution >= 0.6 is 0 Å². The molecular weight excluding hydrogens is 354 g/mol. The Morgan fingerprint density at radius 1 is 0.643 bits per heavy atom. The van der Waals surface area contributed by atoms with Crippen molar-refractivity contribution in [2.75, 3.05) is 46.6 Å². The van der Waals surface area contributed by atoms with E-state index in [1.165, 1.54) is 70.6 Å². The van der Waals surface area contributed by atoms with Crippen molar-refractivity contribution in [2.24, 2.45) is 0 Å². The van der Waals surface area contributed by atoms with Crippen LogP contribution < -0.4 is 5.32 Å². The molecule has 5 nitrogen and oxygen atoms in total. The quantitative estimate of drug-likeness (QED) is 0.187. The Labute approximate surface area is 174 Å². The van der Waals surface area contributed by atoms with E-state index in [0.717, 1.165) is 19.4 Å². The fourth-order valence-electron chi connectivity index (χ4n) is 3.07. The van der Waals surface area contributed by atoms with E-state index in [1.807, 2.05) is 7.05 Å². The highest BCUT2D eigenvalue weighted by Gasteiger charge is 2.02. The maximum Gasteiger partial charge on any atom is 0.305 e. The number of likely N-dealkylation sites (N-methyl/N-ethyl adjacent to an activating group) is 1. The molecule has 0 saturated carbocycles. The highest BCUT2D eigenvalue weighted by molar-refractivity contribution is 5.69. The van der Waals surface area contributed by atoms with E-state index in [0.29, 0.717) is 39.5 Å². The van der Waals surface area contributed by atoms with Gasteiger partial charge >= 0.3 is 5.97 Å². The van der Waals surface area contributed by atoms with Gasteiger partial charge in [0.05, 0.1) is 26.4 Å². The molecule has 5 heteroatoms. The zero-order chi connectivity index (χ0) is 20.5. The van der Waals surface area contributed by atoms with Crippen LogP contribution in [0.5, 0.6) is 0 Å². The van der Waals surface area contributed by atoms with Crippen LogP contribution in [-0.2, 0) is 19.0 Å². The van der Waals surface area contributed by atoms with Crippen LogP contribution in [0.4, 0.5) is 0 Å². The molecule has 0 rings (SSSR count). The van der Waals surface area contributed by atoms with Gasteiger partial charge in [0.2, 0.25) is 0 Å². The Bertz CT molecular complexity index is 313. The zero-order valence-electron chi connectivity index (χ0n) is 18.8. The Kier molecular flexibility index (Phi) is 23.8. The summed E-state index contributed by atoms with van der Waals surface area (Å²) < 4.78 is 15.9. The molecule has 0 bridgehead atoms. The minimum Gasteiger partial charge on any atom is -0.463 e. The van der Waals surface area contributed by atoms with E-state index >= 15 is 0 Å². The molecule has 0 saturated heterocycles. The summed E-state index contributed by atoms with van der Waals surface area (Å²) in [4.78, 5) is 11.6. The maximum absolute atomic E-state index is 11.6. The van der Waals surface area contributed by atoms with Crippen molar-refractivity contribution < 1.29 is 19.0 Å². The molecule has 0 unspecified atom stereocenters. The van der Waals surface area contributed by atoms with Gasteiger partial charge in [0, 0.05) is 13.0 Å². The third kappa shape index (κ3) is 23.4. The van der Waals surface area contributed by atoms with Crippen LogP contribution in [0.1, 0.15) is 96.8 Å². The number of unbranched alkanes of at least 4 members (excludes halogenated alkanes) is 12. The van der Waals surface area contributed by atoms with Crippen molar-refractivity contribution in [1.82, 2.24) is 5.32 Å². The summed E-state index contributed by atoms with van der Waals surface area (Å²) in [5, 5.41) is 3.01. The minimum atomic E-state index is -0.100. The Morgan fingerprint density at radius 2 is 1.11 bits per heavy atom. The van der Waals surface area contributed by atoms with Crippen molar-refractivity contribution in [3.63, 3.8) is 0 Å². The molecule has 0 atom stereocenters. The minimum absolute atomic E-state index is 0.100. The summed E-state index contributed by atoms with van der Waals surface area (Å²) in [5.41, 5.74) is 0. The number of rotatable bonds is 23. The molecule has 28 heavy (non-hydrogen) atoms. The molecule has 0 aromatic carbocycles. The molecule has 168 valence electrons. The van der Waals surface area contributed by atoms with Gasteiger partial charge in [-0.05, 0) is 13.5 Å². The van der Waals surface area contributed by atoms with E-state index in [9.17, 15) is 4.79 Å². The average Bonchev–Trinajstić information content (AvgIpc) is 2.70. The molecule has 0 heterocycles. The number of carbonyl (C=O) groups is 1. The Morgan fingerprint density at radius 3 is 1.64 bits per heavy atom. The summed E-state index contributed by atoms with van der Waals surface area (Å²) in [6.07, 6.45) is 17.6. The fraction of sp³-hybridized carbons (Fsp3) is 0.957. The third-order valence-electron chi connectivity index (χ3n) is 4.84. The average molecular weight is 402 g/mol. The highest BCUT2D eigenvalue weighted by Crippen LogP contribution is 2.13. The van der Waals surface area contributed by atoms with Gasteiger partial charge in [-0.1, -0.05) is 84.0 Å². The van der Waals surface area contributed by atoms with Gasteiger partial charge in [-0.3, -0.25) is 4.79 Å². The maximum atomic E-state index is 11.6. The van der Waals surface area contributed by atoms with Crippen molar-refractivity contribution in [2.45, 2.75) is 96.8 Å². The standard InChI is InChI=1S/C23H47NO4/c1-3-4-5-6-7-8-9-10-11-12-13-14-15-16-23(25)28-22-21-27-20-19-26-18-17-24-2/h24H,3-22H2,1-2H3. The first-order valence-electron chi connectivity index (χ1n) is 11.8. The molecule has 0 fully saturated rings. The Balaban J connectivity index is 3.13. The number of nitrogens with one attached hydrogen (secondary N) is 1. The van der Waals surface area contributed by atoms with Crippen LogP contribution in [0.3, 0.4) is 0 Å². The largest absolute Gasteiger partial charge is 0.463 e. The number of esters is 1. The van der Waals surface area contributed by atoms with E-state index in [4.69, 9.17) is 14.2 Å². The van der Waals surface area contributed by atoms with Crippen LogP contribution in [0, 0.1) is 0 Å². The molecule has 0 aliphatic heterocycles. The van der Waals surface area contributed by atoms with Gasteiger partial charge in [-0.25, -0.2) is 0 Å². The molecule has 0 aliphatic carbocycles. The van der Waals surface area contributed by atoms with Gasteiger partial charge in [0.1, 0.15) is 6.61 Å². The van der Waals surface area contributed by atoms with Crippen molar-refractivity contribution in [3.8, 4) is 0 Å². The van der Waals surface area contributed by atoms with E-state index < -0.39 is 0 Å². The van der Waals surface area contributed by atoms with E-state index in [2.05, 4.69) is 12.2 Å². The van der Waals surface area contributed by atoms with Crippen molar-refractivity contribution in [3.05, 3.63) is 0 Å². The van der Waals surface area contributed by atoms with Crippen molar-refractivity contribution >= 4 is 5.97 Å². The zero-order valence-corrected chi connectivity index (χ0v) is 18.8. The first-order chi connectivity index (χ1) is 13.8. The lowest BCUT2D eigenvalue weighted by Crippen LogP contribution is -2.17. The van der Waals surface area contributed by atoms with Gasteiger partial charge in [-0.2, -0.15) is 0 Å². The van der Waals surface area contributed by atoms with E-state index in [1.54, 1.807) is 0 Å².